The molecule has 0 unspecified atom stereocenters. The summed E-state index contributed by atoms with van der Waals surface area (Å²) in [5.74, 6) is -0.422. The first-order valence-electron chi connectivity index (χ1n) is 6.67. The van der Waals surface area contributed by atoms with E-state index in [1.165, 1.54) is 0 Å². The molecule has 2 aromatic carbocycles. The summed E-state index contributed by atoms with van der Waals surface area (Å²) in [6.45, 7) is 0. The monoisotopic (exact) mass is 325 g/mol. The SMILES string of the molecule is NC(=O)c1ccccc1-c1ccccc1-c1nccs1.O[B]O. The van der Waals surface area contributed by atoms with E-state index in [1.54, 1.807) is 23.6 Å². The van der Waals surface area contributed by atoms with Crippen molar-refractivity contribution in [1.29, 1.82) is 0 Å². The number of carbonyl (C=O) groups is 1. The minimum absolute atomic E-state index is 0. The number of carbonyl (C=O) groups excluding carboxylic acids is 1. The Labute approximate surface area is 138 Å². The number of hydrogen-bond acceptors (Lipinski definition) is 5. The van der Waals surface area contributed by atoms with Gasteiger partial charge in [0, 0.05) is 22.7 Å². The van der Waals surface area contributed by atoms with Crippen LogP contribution in [-0.2, 0) is 0 Å². The molecule has 23 heavy (non-hydrogen) atoms. The van der Waals surface area contributed by atoms with Gasteiger partial charge in [-0.1, -0.05) is 42.5 Å². The summed E-state index contributed by atoms with van der Waals surface area (Å²) in [7, 11) is 0. The average Bonchev–Trinajstić information content (AvgIpc) is 3.10. The molecule has 5 nitrogen and oxygen atoms in total. The van der Waals surface area contributed by atoms with E-state index >= 15 is 0 Å². The second-order valence-electron chi connectivity index (χ2n) is 4.41. The molecule has 0 atom stereocenters. The van der Waals surface area contributed by atoms with Crippen LogP contribution in [-0.4, -0.2) is 28.6 Å². The van der Waals surface area contributed by atoms with Crippen LogP contribution in [0, 0.1) is 0 Å². The molecule has 0 aliphatic carbocycles. The summed E-state index contributed by atoms with van der Waals surface area (Å²) in [5.41, 5.74) is 8.81. The number of aromatic nitrogens is 1. The minimum Gasteiger partial charge on any atom is -0.429 e. The molecule has 1 radical (unpaired) electrons. The summed E-state index contributed by atoms with van der Waals surface area (Å²) in [5, 5.41) is 16.9. The molecule has 7 heteroatoms. The van der Waals surface area contributed by atoms with Crippen LogP contribution in [0.4, 0.5) is 0 Å². The zero-order chi connectivity index (χ0) is 16.7. The quantitative estimate of drug-likeness (QED) is 0.642. The van der Waals surface area contributed by atoms with Crippen LogP contribution in [0.1, 0.15) is 10.4 Å². The molecule has 3 aromatic rings. The van der Waals surface area contributed by atoms with Crippen LogP contribution in [0.2, 0.25) is 0 Å². The van der Waals surface area contributed by atoms with Crippen LogP contribution < -0.4 is 5.73 Å². The molecule has 0 aliphatic heterocycles. The first kappa shape index (κ1) is 16.9. The molecule has 0 bridgehead atoms. The molecular weight excluding hydrogens is 311 g/mol. The van der Waals surface area contributed by atoms with Crippen LogP contribution in [0.3, 0.4) is 0 Å². The van der Waals surface area contributed by atoms with Crippen molar-refractivity contribution >= 4 is 24.9 Å². The lowest BCUT2D eigenvalue weighted by molar-refractivity contribution is 0.100. The number of benzene rings is 2. The van der Waals surface area contributed by atoms with Crippen molar-refractivity contribution in [2.75, 3.05) is 0 Å². The molecule has 0 fully saturated rings. The third kappa shape index (κ3) is 4.04. The fourth-order valence-corrected chi connectivity index (χ4v) is 2.87. The van der Waals surface area contributed by atoms with E-state index in [2.05, 4.69) is 4.98 Å². The van der Waals surface area contributed by atoms with Gasteiger partial charge in [0.05, 0.1) is 0 Å². The van der Waals surface area contributed by atoms with Crippen LogP contribution in [0.5, 0.6) is 0 Å². The lowest BCUT2D eigenvalue weighted by atomic mass is 9.95. The maximum atomic E-state index is 11.6. The molecule has 1 amide bonds. The largest absolute Gasteiger partial charge is 0.482 e. The maximum Gasteiger partial charge on any atom is 0.482 e. The zero-order valence-electron chi connectivity index (χ0n) is 12.1. The maximum absolute atomic E-state index is 11.6. The van der Waals surface area contributed by atoms with Gasteiger partial charge in [-0.3, -0.25) is 4.79 Å². The van der Waals surface area contributed by atoms with Crippen molar-refractivity contribution in [2.24, 2.45) is 5.73 Å². The van der Waals surface area contributed by atoms with Gasteiger partial charge in [0.1, 0.15) is 5.01 Å². The summed E-state index contributed by atoms with van der Waals surface area (Å²) in [6.07, 6.45) is 1.77. The van der Waals surface area contributed by atoms with Crippen molar-refractivity contribution in [3.63, 3.8) is 0 Å². The van der Waals surface area contributed by atoms with Gasteiger partial charge < -0.3 is 15.8 Å². The Balaban J connectivity index is 0.000000595. The summed E-state index contributed by atoms with van der Waals surface area (Å²) >= 11 is 1.57. The van der Waals surface area contributed by atoms with E-state index in [-0.39, 0.29) is 7.69 Å². The molecule has 1 aromatic heterocycles. The van der Waals surface area contributed by atoms with E-state index in [9.17, 15) is 4.79 Å². The standard InChI is InChI=1S/C16H12N2OS.BH2O2/c17-15(19)13-7-3-1-5-11(13)12-6-2-4-8-14(12)16-18-9-10-20-16;2-1-3/h1-10H,(H2,17,19);2-3H. The van der Waals surface area contributed by atoms with Gasteiger partial charge in [0.2, 0.25) is 5.91 Å². The van der Waals surface area contributed by atoms with Crippen molar-refractivity contribution in [3.8, 4) is 21.7 Å². The Hall–Kier alpha value is -2.48. The molecule has 4 N–H and O–H groups in total. The van der Waals surface area contributed by atoms with Crippen molar-refractivity contribution in [3.05, 3.63) is 65.7 Å². The minimum atomic E-state index is -0.422. The van der Waals surface area contributed by atoms with Gasteiger partial charge in [0.25, 0.3) is 0 Å². The number of hydrogen-bond donors (Lipinski definition) is 3. The number of amides is 1. The zero-order valence-corrected chi connectivity index (χ0v) is 12.9. The highest BCUT2D eigenvalue weighted by atomic mass is 32.1. The Bertz CT molecular complexity index is 779. The van der Waals surface area contributed by atoms with Gasteiger partial charge in [-0.25, -0.2) is 4.98 Å². The number of rotatable bonds is 3. The fraction of sp³-hybridized carbons (Fsp3) is 0. The summed E-state index contributed by atoms with van der Waals surface area (Å²) in [6, 6.07) is 15.3. The van der Waals surface area contributed by atoms with E-state index < -0.39 is 5.91 Å². The lowest BCUT2D eigenvalue weighted by Gasteiger charge is -2.10. The van der Waals surface area contributed by atoms with Gasteiger partial charge >= 0.3 is 7.69 Å². The van der Waals surface area contributed by atoms with Crippen LogP contribution in [0.25, 0.3) is 21.7 Å². The number of nitrogens with two attached hydrogens (primary N) is 1. The Morgan fingerprint density at radius 1 is 1.00 bits per heavy atom. The fourth-order valence-electron chi connectivity index (χ4n) is 2.19. The molecule has 0 spiro atoms. The van der Waals surface area contributed by atoms with Crippen molar-refractivity contribution in [1.82, 2.24) is 4.98 Å². The topological polar surface area (TPSA) is 96.4 Å². The van der Waals surface area contributed by atoms with E-state index in [0.29, 0.717) is 5.56 Å². The van der Waals surface area contributed by atoms with Gasteiger partial charge in [0.15, 0.2) is 0 Å². The Morgan fingerprint density at radius 2 is 1.57 bits per heavy atom. The van der Waals surface area contributed by atoms with Crippen LogP contribution >= 0.6 is 11.3 Å². The molecule has 115 valence electrons. The predicted molar refractivity (Wildman–Crippen MR) is 91.7 cm³/mol. The van der Waals surface area contributed by atoms with Gasteiger partial charge in [-0.05, 0) is 17.2 Å². The first-order chi connectivity index (χ1) is 11.2. The highest BCUT2D eigenvalue weighted by Gasteiger charge is 2.14. The first-order valence-corrected chi connectivity index (χ1v) is 7.55. The smallest absolute Gasteiger partial charge is 0.429 e. The van der Waals surface area contributed by atoms with E-state index in [1.807, 2.05) is 47.8 Å². The third-order valence-corrected chi connectivity index (χ3v) is 3.88. The Morgan fingerprint density at radius 3 is 2.13 bits per heavy atom. The molecule has 0 aliphatic rings. The van der Waals surface area contributed by atoms with Gasteiger partial charge in [-0.2, -0.15) is 0 Å². The highest BCUT2D eigenvalue weighted by molar-refractivity contribution is 7.13. The van der Waals surface area contributed by atoms with Gasteiger partial charge in [-0.15, -0.1) is 11.3 Å². The Kier molecular flexibility index (Phi) is 6.05. The molecule has 3 rings (SSSR count). The number of thiazole rings is 1. The number of nitrogens with zero attached hydrogens (tertiary/aromatic N) is 1. The highest BCUT2D eigenvalue weighted by Crippen LogP contribution is 2.34. The van der Waals surface area contributed by atoms with Crippen molar-refractivity contribution < 1.29 is 14.8 Å². The predicted octanol–water partition coefficient (Wildman–Crippen LogP) is 2.08. The van der Waals surface area contributed by atoms with E-state index in [0.717, 1.165) is 21.7 Å². The van der Waals surface area contributed by atoms with Crippen LogP contribution in [0.15, 0.2) is 60.1 Å². The summed E-state index contributed by atoms with van der Waals surface area (Å²) < 4.78 is 0. The molecular formula is C16H14BN2O3S. The summed E-state index contributed by atoms with van der Waals surface area (Å²) in [4.78, 5) is 16.0. The second-order valence-corrected chi connectivity index (χ2v) is 5.30. The lowest BCUT2D eigenvalue weighted by Crippen LogP contribution is -2.12. The molecule has 1 heterocycles. The number of primary amides is 1. The normalized spacial score (nSPS) is 9.65. The van der Waals surface area contributed by atoms with E-state index in [4.69, 9.17) is 15.8 Å². The average molecular weight is 325 g/mol. The third-order valence-electron chi connectivity index (χ3n) is 3.07. The van der Waals surface area contributed by atoms with Crippen molar-refractivity contribution in [2.45, 2.75) is 0 Å². The second kappa shape index (κ2) is 8.23. The molecule has 0 saturated carbocycles. The molecule has 0 saturated heterocycles.